The number of nitrogens with one attached hydrogen (secondary N) is 1. The first-order valence-corrected chi connectivity index (χ1v) is 11.7. The van der Waals surface area contributed by atoms with Gasteiger partial charge in [0.2, 0.25) is 0 Å². The normalized spacial score (nSPS) is 11.0. The van der Waals surface area contributed by atoms with Crippen LogP contribution in [-0.2, 0) is 12.8 Å². The molecular formula is C27H28BrCl2NO2. The van der Waals surface area contributed by atoms with E-state index in [2.05, 4.69) is 17.4 Å². The summed E-state index contributed by atoms with van der Waals surface area (Å²) in [6.45, 7) is 0.999. The fraction of sp³-hybridized carbons (Fsp3) is 0.259. The minimum atomic E-state index is 0. The smallest absolute Gasteiger partial charge is 0.134 e. The van der Waals surface area contributed by atoms with E-state index in [1.54, 1.807) is 0 Å². The van der Waals surface area contributed by atoms with E-state index < -0.39 is 0 Å². The second-order valence-electron chi connectivity index (χ2n) is 8.07. The molecule has 3 nitrogen and oxygen atoms in total. The number of rotatable bonds is 10. The minimum Gasteiger partial charge on any atom is -0.461 e. The van der Waals surface area contributed by atoms with E-state index in [9.17, 15) is 0 Å². The predicted molar refractivity (Wildman–Crippen MR) is 143 cm³/mol. The van der Waals surface area contributed by atoms with Gasteiger partial charge in [-0.1, -0.05) is 23.2 Å². The summed E-state index contributed by atoms with van der Waals surface area (Å²) in [5, 5.41) is 4.69. The molecule has 2 aromatic carbocycles. The molecule has 0 spiro atoms. The van der Waals surface area contributed by atoms with Gasteiger partial charge in [0, 0.05) is 34.0 Å². The zero-order chi connectivity index (χ0) is 22.3. The van der Waals surface area contributed by atoms with Gasteiger partial charge in [0.1, 0.15) is 23.0 Å². The number of furan rings is 2. The Kier molecular flexibility index (Phi) is 9.69. The quantitative estimate of drug-likeness (QED) is 0.202. The third-order valence-corrected chi connectivity index (χ3v) is 6.10. The standard InChI is InChI=1S/C27H27Cl2NO2.BrH/c1-30-16-2-3-19(17-24-12-14-26(31-24)20-4-8-22(28)9-5-20)18-25-13-15-27(32-25)21-6-10-23(29)11-7-21;/h4-15,19,30H,2-3,16-18H2,1H3;1H. The third kappa shape index (κ3) is 7.25. The molecule has 2 heterocycles. The molecule has 0 amide bonds. The van der Waals surface area contributed by atoms with Crippen LogP contribution in [-0.4, -0.2) is 13.6 Å². The van der Waals surface area contributed by atoms with Crippen LogP contribution < -0.4 is 5.32 Å². The Hall–Kier alpha value is -1.98. The van der Waals surface area contributed by atoms with Crippen LogP contribution in [0.4, 0.5) is 0 Å². The second-order valence-corrected chi connectivity index (χ2v) is 8.94. The van der Waals surface area contributed by atoms with Crippen molar-refractivity contribution in [1.29, 1.82) is 0 Å². The molecule has 0 bridgehead atoms. The predicted octanol–water partition coefficient (Wildman–Crippen LogP) is 8.49. The highest BCUT2D eigenvalue weighted by Gasteiger charge is 2.16. The van der Waals surface area contributed by atoms with Gasteiger partial charge in [-0.3, -0.25) is 0 Å². The molecule has 2 aromatic heterocycles. The van der Waals surface area contributed by atoms with Crippen LogP contribution in [0.2, 0.25) is 10.0 Å². The van der Waals surface area contributed by atoms with Crippen molar-refractivity contribution in [2.75, 3.05) is 13.6 Å². The van der Waals surface area contributed by atoms with Gasteiger partial charge in [-0.25, -0.2) is 0 Å². The van der Waals surface area contributed by atoms with Crippen LogP contribution in [0.15, 0.2) is 81.6 Å². The van der Waals surface area contributed by atoms with E-state index in [4.69, 9.17) is 32.0 Å². The zero-order valence-corrected chi connectivity index (χ0v) is 21.7. The summed E-state index contributed by atoms with van der Waals surface area (Å²) in [5.74, 6) is 4.15. The average molecular weight is 549 g/mol. The maximum Gasteiger partial charge on any atom is 0.134 e. The summed E-state index contributed by atoms with van der Waals surface area (Å²) in [6, 6.07) is 23.7. The first kappa shape index (κ1) is 25.6. The lowest BCUT2D eigenvalue weighted by Crippen LogP contribution is -2.13. The molecule has 0 saturated heterocycles. The van der Waals surface area contributed by atoms with E-state index in [0.29, 0.717) is 5.92 Å². The second kappa shape index (κ2) is 12.5. The number of hydrogen-bond acceptors (Lipinski definition) is 3. The van der Waals surface area contributed by atoms with Crippen molar-refractivity contribution >= 4 is 40.2 Å². The van der Waals surface area contributed by atoms with Crippen molar-refractivity contribution in [3.8, 4) is 22.6 Å². The lowest BCUT2D eigenvalue weighted by molar-refractivity contribution is 0.381. The van der Waals surface area contributed by atoms with Gasteiger partial charge >= 0.3 is 0 Å². The van der Waals surface area contributed by atoms with Gasteiger partial charge in [0.25, 0.3) is 0 Å². The molecule has 0 aliphatic rings. The van der Waals surface area contributed by atoms with E-state index in [0.717, 1.165) is 76.4 Å². The van der Waals surface area contributed by atoms with Crippen LogP contribution in [0.1, 0.15) is 24.4 Å². The van der Waals surface area contributed by atoms with Crippen molar-refractivity contribution in [1.82, 2.24) is 5.32 Å². The molecule has 0 aliphatic carbocycles. The molecule has 33 heavy (non-hydrogen) atoms. The van der Waals surface area contributed by atoms with Gasteiger partial charge in [-0.15, -0.1) is 17.0 Å². The summed E-state index contributed by atoms with van der Waals surface area (Å²) in [4.78, 5) is 0. The van der Waals surface area contributed by atoms with Crippen LogP contribution in [0.3, 0.4) is 0 Å². The third-order valence-electron chi connectivity index (χ3n) is 5.60. The lowest BCUT2D eigenvalue weighted by atomic mass is 9.93. The van der Waals surface area contributed by atoms with E-state index in [1.165, 1.54) is 0 Å². The molecule has 1 N–H and O–H groups in total. The molecule has 0 radical (unpaired) electrons. The highest BCUT2D eigenvalue weighted by atomic mass is 79.9. The summed E-state index contributed by atoms with van der Waals surface area (Å²) >= 11 is 12.0. The van der Waals surface area contributed by atoms with Crippen molar-refractivity contribution in [2.24, 2.45) is 5.92 Å². The molecule has 0 aliphatic heterocycles. The Morgan fingerprint density at radius 3 is 1.58 bits per heavy atom. The highest BCUT2D eigenvalue weighted by Crippen LogP contribution is 2.29. The molecule has 0 fully saturated rings. The Bertz CT molecular complexity index is 1030. The molecule has 0 atom stereocenters. The van der Waals surface area contributed by atoms with Gasteiger partial charge in [0.05, 0.1) is 0 Å². The Morgan fingerprint density at radius 1 is 0.697 bits per heavy atom. The fourth-order valence-corrected chi connectivity index (χ4v) is 4.18. The Balaban J connectivity index is 0.00000306. The SMILES string of the molecule is Br.CNCCCC(Cc1ccc(-c2ccc(Cl)cc2)o1)Cc1ccc(-c2ccc(Cl)cc2)o1. The maximum absolute atomic E-state index is 6.17. The van der Waals surface area contributed by atoms with Crippen molar-refractivity contribution in [2.45, 2.75) is 25.7 Å². The van der Waals surface area contributed by atoms with Crippen LogP contribution >= 0.6 is 40.2 Å². The fourth-order valence-electron chi connectivity index (χ4n) is 3.93. The lowest BCUT2D eigenvalue weighted by Gasteiger charge is -2.14. The van der Waals surface area contributed by atoms with Gasteiger partial charge in [0.15, 0.2) is 0 Å². The molecule has 0 unspecified atom stereocenters. The minimum absolute atomic E-state index is 0. The maximum atomic E-state index is 6.17. The molecule has 4 rings (SSSR count). The van der Waals surface area contributed by atoms with Gasteiger partial charge in [-0.2, -0.15) is 0 Å². The molecule has 0 saturated carbocycles. The first-order valence-electron chi connectivity index (χ1n) is 10.9. The molecule has 6 heteroatoms. The van der Waals surface area contributed by atoms with Crippen molar-refractivity contribution in [3.63, 3.8) is 0 Å². The van der Waals surface area contributed by atoms with Crippen molar-refractivity contribution in [3.05, 3.63) is 94.4 Å². The topological polar surface area (TPSA) is 38.3 Å². The summed E-state index contributed by atoms with van der Waals surface area (Å²) in [7, 11) is 1.99. The monoisotopic (exact) mass is 547 g/mol. The highest BCUT2D eigenvalue weighted by molar-refractivity contribution is 8.93. The molecule has 174 valence electrons. The van der Waals surface area contributed by atoms with E-state index in [1.807, 2.05) is 67.7 Å². The Morgan fingerprint density at radius 2 is 1.15 bits per heavy atom. The summed E-state index contributed by atoms with van der Waals surface area (Å²) in [6.07, 6.45) is 3.94. The summed E-state index contributed by atoms with van der Waals surface area (Å²) in [5.41, 5.74) is 2.07. The Labute approximate surface area is 215 Å². The molecule has 4 aromatic rings. The van der Waals surface area contributed by atoms with Gasteiger partial charge in [-0.05, 0) is 105 Å². The van der Waals surface area contributed by atoms with Gasteiger partial charge < -0.3 is 14.2 Å². The van der Waals surface area contributed by atoms with Crippen LogP contribution in [0.25, 0.3) is 22.6 Å². The zero-order valence-electron chi connectivity index (χ0n) is 18.5. The van der Waals surface area contributed by atoms with Crippen molar-refractivity contribution < 1.29 is 8.83 Å². The van der Waals surface area contributed by atoms with E-state index in [-0.39, 0.29) is 17.0 Å². The first-order chi connectivity index (χ1) is 15.6. The van der Waals surface area contributed by atoms with Crippen LogP contribution in [0.5, 0.6) is 0 Å². The number of hydrogen-bond donors (Lipinski definition) is 1. The average Bonchev–Trinajstić information content (AvgIpc) is 3.45. The number of benzene rings is 2. The molecular weight excluding hydrogens is 521 g/mol. The van der Waals surface area contributed by atoms with E-state index >= 15 is 0 Å². The van der Waals surface area contributed by atoms with Crippen LogP contribution in [0, 0.1) is 5.92 Å². The largest absolute Gasteiger partial charge is 0.461 e. The number of halogens is 3. The summed E-state index contributed by atoms with van der Waals surface area (Å²) < 4.78 is 12.3.